The van der Waals surface area contributed by atoms with Gasteiger partial charge in [0, 0.05) is 44.7 Å². The number of nitrogens with zero attached hydrogens (tertiary/aromatic N) is 3. The molecule has 0 aliphatic carbocycles. The highest BCUT2D eigenvalue weighted by atomic mass is 15.3. The fourth-order valence-corrected chi connectivity index (χ4v) is 4.32. The number of benzene rings is 1. The minimum absolute atomic E-state index is 0.616. The molecule has 2 aromatic rings. The van der Waals surface area contributed by atoms with Crippen LogP contribution in [0.5, 0.6) is 0 Å². The molecule has 5 heteroatoms. The van der Waals surface area contributed by atoms with Gasteiger partial charge in [-0.25, -0.2) is 4.68 Å². The van der Waals surface area contributed by atoms with E-state index in [1.807, 2.05) is 0 Å². The first-order chi connectivity index (χ1) is 12.8. The maximum Gasteiger partial charge on any atom is 0.124 e. The summed E-state index contributed by atoms with van der Waals surface area (Å²) in [6, 6.07) is 13.0. The molecule has 5 nitrogen and oxygen atoms in total. The van der Waals surface area contributed by atoms with Crippen molar-refractivity contribution in [2.24, 2.45) is 11.8 Å². The van der Waals surface area contributed by atoms with Crippen molar-refractivity contribution in [3.8, 4) is 0 Å². The van der Waals surface area contributed by atoms with Gasteiger partial charge in [-0.1, -0.05) is 30.3 Å². The summed E-state index contributed by atoms with van der Waals surface area (Å²) in [5.74, 6) is 2.56. The van der Waals surface area contributed by atoms with Crippen molar-refractivity contribution in [2.75, 3.05) is 38.0 Å². The lowest BCUT2D eigenvalue weighted by molar-refractivity contribution is 0.164. The van der Waals surface area contributed by atoms with E-state index < -0.39 is 0 Å². The van der Waals surface area contributed by atoms with Gasteiger partial charge in [0.05, 0.1) is 5.69 Å². The maximum absolute atomic E-state index is 4.57. The molecule has 2 N–H and O–H groups in total. The topological polar surface area (TPSA) is 45.1 Å². The van der Waals surface area contributed by atoms with E-state index in [1.54, 1.807) is 0 Å². The number of hydrogen-bond acceptors (Lipinski definition) is 4. The maximum atomic E-state index is 4.57. The molecule has 2 aliphatic rings. The van der Waals surface area contributed by atoms with Crippen LogP contribution in [0.2, 0.25) is 0 Å². The Bertz CT molecular complexity index is 696. The second kappa shape index (κ2) is 8.23. The van der Waals surface area contributed by atoms with Gasteiger partial charge in [0.1, 0.15) is 5.82 Å². The van der Waals surface area contributed by atoms with Gasteiger partial charge in [-0.2, -0.15) is 5.10 Å². The third-order valence-corrected chi connectivity index (χ3v) is 5.62. The number of aromatic nitrogens is 2. The lowest BCUT2D eigenvalue weighted by Crippen LogP contribution is -2.41. The lowest BCUT2D eigenvalue weighted by Gasteiger charge is -2.33. The molecule has 2 aliphatic heterocycles. The number of piperidine rings is 1. The summed E-state index contributed by atoms with van der Waals surface area (Å²) < 4.78 is 2.12. The molecule has 0 radical (unpaired) electrons. The average Bonchev–Trinajstić information content (AvgIpc) is 3.02. The van der Waals surface area contributed by atoms with Crippen molar-refractivity contribution >= 4 is 5.82 Å². The van der Waals surface area contributed by atoms with E-state index in [1.165, 1.54) is 37.3 Å². The number of aryl methyl sites for hydroxylation is 1. The molecule has 2 atom stereocenters. The number of anilines is 1. The van der Waals surface area contributed by atoms with Crippen molar-refractivity contribution in [3.05, 3.63) is 47.7 Å². The average molecular weight is 354 g/mol. The predicted octanol–water partition coefficient (Wildman–Crippen LogP) is 2.74. The van der Waals surface area contributed by atoms with Gasteiger partial charge in [-0.3, -0.25) is 4.90 Å². The van der Waals surface area contributed by atoms with E-state index >= 15 is 0 Å². The highest BCUT2D eigenvalue weighted by Crippen LogP contribution is 2.20. The number of fused-ring (bicyclic) bond motifs is 1. The zero-order valence-corrected chi connectivity index (χ0v) is 15.8. The third kappa shape index (κ3) is 4.46. The van der Waals surface area contributed by atoms with Crippen LogP contribution in [0.25, 0.3) is 0 Å². The first-order valence-corrected chi connectivity index (χ1v) is 10.0. The van der Waals surface area contributed by atoms with Crippen molar-refractivity contribution < 1.29 is 0 Å². The Balaban J connectivity index is 1.20. The Morgan fingerprint density at radius 2 is 2.00 bits per heavy atom. The van der Waals surface area contributed by atoms with E-state index in [4.69, 9.17) is 0 Å². The predicted molar refractivity (Wildman–Crippen MR) is 106 cm³/mol. The van der Waals surface area contributed by atoms with Gasteiger partial charge in [0.15, 0.2) is 0 Å². The number of likely N-dealkylation sites (tertiary alicyclic amines) is 1. The highest BCUT2D eigenvalue weighted by molar-refractivity contribution is 5.38. The van der Waals surface area contributed by atoms with Gasteiger partial charge < -0.3 is 10.6 Å². The van der Waals surface area contributed by atoms with E-state index in [0.717, 1.165) is 44.3 Å². The zero-order chi connectivity index (χ0) is 17.8. The number of nitrogens with one attached hydrogen (secondary N) is 2. The van der Waals surface area contributed by atoms with Crippen LogP contribution in [0.1, 0.15) is 24.1 Å². The molecule has 1 saturated heterocycles. The summed E-state index contributed by atoms with van der Waals surface area (Å²) in [5, 5.41) is 11.8. The van der Waals surface area contributed by atoms with Crippen molar-refractivity contribution in [1.82, 2.24) is 20.0 Å². The third-order valence-electron chi connectivity index (χ3n) is 5.62. The SMILES string of the molecule is Cc1cc2n(n1)CC(CNCC1CCCN(Cc3ccccc3)C1)CN2. The van der Waals surface area contributed by atoms with E-state index in [2.05, 4.69) is 68.6 Å². The molecule has 1 aromatic carbocycles. The smallest absolute Gasteiger partial charge is 0.124 e. The highest BCUT2D eigenvalue weighted by Gasteiger charge is 2.22. The molecule has 1 fully saturated rings. The van der Waals surface area contributed by atoms with Crippen LogP contribution >= 0.6 is 0 Å². The van der Waals surface area contributed by atoms with Crippen LogP contribution in [0.4, 0.5) is 5.82 Å². The Morgan fingerprint density at radius 1 is 1.15 bits per heavy atom. The first-order valence-electron chi connectivity index (χ1n) is 10.0. The fraction of sp³-hybridized carbons (Fsp3) is 0.571. The molecule has 0 bridgehead atoms. The molecular formula is C21H31N5. The number of rotatable bonds is 6. The largest absolute Gasteiger partial charge is 0.370 e. The molecule has 2 unspecified atom stereocenters. The van der Waals surface area contributed by atoms with Gasteiger partial charge >= 0.3 is 0 Å². The van der Waals surface area contributed by atoms with Crippen LogP contribution in [0, 0.1) is 18.8 Å². The van der Waals surface area contributed by atoms with Crippen LogP contribution in [-0.4, -0.2) is 47.4 Å². The minimum atomic E-state index is 0.616. The zero-order valence-electron chi connectivity index (χ0n) is 15.8. The van der Waals surface area contributed by atoms with Gasteiger partial charge in [0.25, 0.3) is 0 Å². The molecule has 140 valence electrons. The van der Waals surface area contributed by atoms with Gasteiger partial charge in [-0.05, 0) is 44.3 Å². The quantitative estimate of drug-likeness (QED) is 0.838. The summed E-state index contributed by atoms with van der Waals surface area (Å²) in [5.41, 5.74) is 2.53. The second-order valence-corrected chi connectivity index (χ2v) is 7.99. The van der Waals surface area contributed by atoms with E-state index in [-0.39, 0.29) is 0 Å². The minimum Gasteiger partial charge on any atom is -0.370 e. The molecule has 4 rings (SSSR count). The standard InChI is InChI=1S/C21H31N5/c1-17-10-21-23-13-20(16-26(21)24-17)12-22-11-19-8-5-9-25(15-19)14-18-6-3-2-4-7-18/h2-4,6-7,10,19-20,22-23H,5,8-9,11-16H2,1H3. The summed E-state index contributed by atoms with van der Waals surface area (Å²) in [4.78, 5) is 2.62. The van der Waals surface area contributed by atoms with Crippen LogP contribution in [0.3, 0.4) is 0 Å². The molecule has 1 aromatic heterocycles. The summed E-state index contributed by atoms with van der Waals surface area (Å²) >= 11 is 0. The van der Waals surface area contributed by atoms with Crippen molar-refractivity contribution in [2.45, 2.75) is 32.9 Å². The summed E-state index contributed by atoms with van der Waals surface area (Å²) in [6.45, 7) is 9.87. The Labute approximate surface area is 156 Å². The van der Waals surface area contributed by atoms with Crippen LogP contribution < -0.4 is 10.6 Å². The molecule has 0 amide bonds. The molecule has 0 saturated carbocycles. The first kappa shape index (κ1) is 17.6. The Morgan fingerprint density at radius 3 is 2.88 bits per heavy atom. The van der Waals surface area contributed by atoms with Gasteiger partial charge in [-0.15, -0.1) is 0 Å². The van der Waals surface area contributed by atoms with E-state index in [0.29, 0.717) is 5.92 Å². The fourth-order valence-electron chi connectivity index (χ4n) is 4.32. The Hall–Kier alpha value is -1.85. The van der Waals surface area contributed by atoms with Crippen molar-refractivity contribution in [1.29, 1.82) is 0 Å². The molecule has 0 spiro atoms. The number of hydrogen-bond donors (Lipinski definition) is 2. The van der Waals surface area contributed by atoms with Crippen molar-refractivity contribution in [3.63, 3.8) is 0 Å². The molecule has 26 heavy (non-hydrogen) atoms. The van der Waals surface area contributed by atoms with Gasteiger partial charge in [0.2, 0.25) is 0 Å². The molecule has 3 heterocycles. The second-order valence-electron chi connectivity index (χ2n) is 7.99. The monoisotopic (exact) mass is 353 g/mol. The van der Waals surface area contributed by atoms with Crippen LogP contribution in [0.15, 0.2) is 36.4 Å². The summed E-state index contributed by atoms with van der Waals surface area (Å²) in [7, 11) is 0. The summed E-state index contributed by atoms with van der Waals surface area (Å²) in [6.07, 6.45) is 2.67. The molecular weight excluding hydrogens is 322 g/mol. The van der Waals surface area contributed by atoms with Crippen LogP contribution in [-0.2, 0) is 13.1 Å². The Kier molecular flexibility index (Phi) is 5.56. The normalized spacial score (nSPS) is 23.4. The van der Waals surface area contributed by atoms with E-state index in [9.17, 15) is 0 Å². The lowest BCUT2D eigenvalue weighted by atomic mass is 9.97.